The van der Waals surface area contributed by atoms with Crippen LogP contribution in [-0.2, 0) is 0 Å². The maximum atomic E-state index is 13.5. The standard InChI is InChI=1S/C14H15FN2O/c1-8-4-5-11(6-13(8)15)14-16-7-12(10(3)18)9(2)17-14/h4-7,10,18H,1-3H3/t10-/m1/s1. The summed E-state index contributed by atoms with van der Waals surface area (Å²) in [5.74, 6) is 0.198. The molecule has 0 saturated carbocycles. The van der Waals surface area contributed by atoms with E-state index in [0.29, 0.717) is 28.2 Å². The molecule has 0 amide bonds. The minimum Gasteiger partial charge on any atom is -0.389 e. The second kappa shape index (κ2) is 4.82. The molecule has 1 atom stereocenters. The molecule has 2 aromatic rings. The van der Waals surface area contributed by atoms with E-state index >= 15 is 0 Å². The first-order valence-electron chi connectivity index (χ1n) is 5.77. The largest absolute Gasteiger partial charge is 0.389 e. The van der Waals surface area contributed by atoms with E-state index in [0.717, 1.165) is 0 Å². The highest BCUT2D eigenvalue weighted by molar-refractivity contribution is 5.56. The smallest absolute Gasteiger partial charge is 0.159 e. The van der Waals surface area contributed by atoms with Crippen LogP contribution in [0.2, 0.25) is 0 Å². The van der Waals surface area contributed by atoms with Crippen molar-refractivity contribution in [2.24, 2.45) is 0 Å². The third kappa shape index (κ3) is 2.38. The Balaban J connectivity index is 2.45. The maximum absolute atomic E-state index is 13.5. The van der Waals surface area contributed by atoms with Crippen LogP contribution >= 0.6 is 0 Å². The molecule has 1 heterocycles. The van der Waals surface area contributed by atoms with Gasteiger partial charge in [-0.05, 0) is 32.4 Å². The van der Waals surface area contributed by atoms with Gasteiger partial charge in [0.05, 0.1) is 6.10 Å². The third-order valence-corrected chi connectivity index (χ3v) is 2.90. The summed E-state index contributed by atoms with van der Waals surface area (Å²) >= 11 is 0. The summed E-state index contributed by atoms with van der Waals surface area (Å²) in [6.45, 7) is 5.18. The molecule has 2 rings (SSSR count). The van der Waals surface area contributed by atoms with Gasteiger partial charge in [0.25, 0.3) is 0 Å². The first kappa shape index (κ1) is 12.6. The molecule has 0 bridgehead atoms. The lowest BCUT2D eigenvalue weighted by Gasteiger charge is -2.09. The number of nitrogens with zero attached hydrogens (tertiary/aromatic N) is 2. The van der Waals surface area contributed by atoms with Crippen molar-refractivity contribution in [2.45, 2.75) is 26.9 Å². The summed E-state index contributed by atoms with van der Waals surface area (Å²) in [5, 5.41) is 9.51. The van der Waals surface area contributed by atoms with Gasteiger partial charge < -0.3 is 5.11 Å². The van der Waals surface area contributed by atoms with Crippen LogP contribution in [0.3, 0.4) is 0 Å². The van der Waals surface area contributed by atoms with E-state index in [4.69, 9.17) is 0 Å². The zero-order valence-electron chi connectivity index (χ0n) is 10.6. The van der Waals surface area contributed by atoms with E-state index in [9.17, 15) is 9.50 Å². The van der Waals surface area contributed by atoms with Crippen molar-refractivity contribution in [3.63, 3.8) is 0 Å². The first-order chi connectivity index (χ1) is 8.49. The Labute approximate surface area is 105 Å². The quantitative estimate of drug-likeness (QED) is 0.886. The lowest BCUT2D eigenvalue weighted by molar-refractivity contribution is 0.197. The van der Waals surface area contributed by atoms with Gasteiger partial charge in [0.15, 0.2) is 5.82 Å². The van der Waals surface area contributed by atoms with Gasteiger partial charge in [-0.15, -0.1) is 0 Å². The summed E-state index contributed by atoms with van der Waals surface area (Å²) in [5.41, 5.74) is 2.62. The molecule has 0 spiro atoms. The molecule has 0 saturated heterocycles. The van der Waals surface area contributed by atoms with Gasteiger partial charge >= 0.3 is 0 Å². The van der Waals surface area contributed by atoms with Crippen molar-refractivity contribution < 1.29 is 9.50 Å². The number of aliphatic hydroxyl groups is 1. The molecule has 0 aliphatic heterocycles. The van der Waals surface area contributed by atoms with Crippen LogP contribution in [0, 0.1) is 19.7 Å². The predicted octanol–water partition coefficient (Wildman–Crippen LogP) is 2.95. The molecule has 0 aliphatic rings. The highest BCUT2D eigenvalue weighted by Gasteiger charge is 2.10. The number of hydrogen-bond acceptors (Lipinski definition) is 3. The summed E-state index contributed by atoms with van der Waals surface area (Å²) in [6, 6.07) is 4.91. The zero-order chi connectivity index (χ0) is 13.3. The highest BCUT2D eigenvalue weighted by Crippen LogP contribution is 2.21. The zero-order valence-corrected chi connectivity index (χ0v) is 10.6. The van der Waals surface area contributed by atoms with Crippen LogP contribution < -0.4 is 0 Å². The third-order valence-electron chi connectivity index (χ3n) is 2.90. The minimum atomic E-state index is -0.603. The molecule has 1 N–H and O–H groups in total. The molecule has 1 aromatic heterocycles. The Morgan fingerprint density at radius 2 is 2.00 bits per heavy atom. The maximum Gasteiger partial charge on any atom is 0.159 e. The van der Waals surface area contributed by atoms with Crippen molar-refractivity contribution in [3.8, 4) is 11.4 Å². The van der Waals surface area contributed by atoms with E-state index in [1.807, 2.05) is 0 Å². The van der Waals surface area contributed by atoms with Crippen molar-refractivity contribution in [1.29, 1.82) is 0 Å². The minimum absolute atomic E-state index is 0.270. The monoisotopic (exact) mass is 246 g/mol. The van der Waals surface area contributed by atoms with E-state index in [1.165, 1.54) is 6.07 Å². The molecule has 0 radical (unpaired) electrons. The molecule has 0 aliphatic carbocycles. The van der Waals surface area contributed by atoms with Gasteiger partial charge in [0.1, 0.15) is 5.82 Å². The Morgan fingerprint density at radius 1 is 1.28 bits per heavy atom. The average Bonchev–Trinajstić information content (AvgIpc) is 2.32. The number of aryl methyl sites for hydroxylation is 2. The van der Waals surface area contributed by atoms with Gasteiger partial charge in [0, 0.05) is 23.0 Å². The van der Waals surface area contributed by atoms with E-state index in [1.54, 1.807) is 39.1 Å². The number of halogens is 1. The fourth-order valence-corrected chi connectivity index (χ4v) is 1.76. The number of aliphatic hydroxyl groups excluding tert-OH is 1. The fourth-order valence-electron chi connectivity index (χ4n) is 1.76. The van der Waals surface area contributed by atoms with Crippen LogP contribution in [0.4, 0.5) is 4.39 Å². The Kier molecular flexibility index (Phi) is 3.39. The van der Waals surface area contributed by atoms with Crippen molar-refractivity contribution in [1.82, 2.24) is 9.97 Å². The van der Waals surface area contributed by atoms with Crippen LogP contribution in [0.25, 0.3) is 11.4 Å². The second-order valence-corrected chi connectivity index (χ2v) is 4.37. The molecule has 0 fully saturated rings. The molecular weight excluding hydrogens is 231 g/mol. The summed E-state index contributed by atoms with van der Waals surface area (Å²) in [7, 11) is 0. The summed E-state index contributed by atoms with van der Waals surface area (Å²) < 4.78 is 13.5. The Bertz CT molecular complexity index is 582. The molecule has 94 valence electrons. The lowest BCUT2D eigenvalue weighted by Crippen LogP contribution is -2.01. The van der Waals surface area contributed by atoms with Crippen LogP contribution in [0.1, 0.15) is 29.8 Å². The van der Waals surface area contributed by atoms with Crippen LogP contribution in [0.15, 0.2) is 24.4 Å². The van der Waals surface area contributed by atoms with Gasteiger partial charge in [-0.25, -0.2) is 14.4 Å². The van der Waals surface area contributed by atoms with Crippen LogP contribution in [0.5, 0.6) is 0 Å². The Morgan fingerprint density at radius 3 is 2.56 bits per heavy atom. The summed E-state index contributed by atoms with van der Waals surface area (Å²) in [6.07, 6.45) is 0.980. The SMILES string of the molecule is Cc1ccc(-c2ncc([C@@H](C)O)c(C)n2)cc1F. The lowest BCUT2D eigenvalue weighted by atomic mass is 10.1. The van der Waals surface area contributed by atoms with Gasteiger partial charge in [0.2, 0.25) is 0 Å². The Hall–Kier alpha value is -1.81. The van der Waals surface area contributed by atoms with E-state index in [-0.39, 0.29) is 5.82 Å². The van der Waals surface area contributed by atoms with Gasteiger partial charge in [-0.2, -0.15) is 0 Å². The molecule has 0 unspecified atom stereocenters. The number of aromatic nitrogens is 2. The molecule has 1 aromatic carbocycles. The van der Waals surface area contributed by atoms with E-state index < -0.39 is 6.10 Å². The average molecular weight is 246 g/mol. The molecule has 4 heteroatoms. The second-order valence-electron chi connectivity index (χ2n) is 4.37. The first-order valence-corrected chi connectivity index (χ1v) is 5.77. The fraction of sp³-hybridized carbons (Fsp3) is 0.286. The molecule has 3 nitrogen and oxygen atoms in total. The number of hydrogen-bond donors (Lipinski definition) is 1. The van der Waals surface area contributed by atoms with Crippen molar-refractivity contribution in [3.05, 3.63) is 47.0 Å². The van der Waals surface area contributed by atoms with Crippen molar-refractivity contribution in [2.75, 3.05) is 0 Å². The van der Waals surface area contributed by atoms with Crippen molar-refractivity contribution >= 4 is 0 Å². The molecular formula is C14H15FN2O. The number of rotatable bonds is 2. The topological polar surface area (TPSA) is 46.0 Å². The predicted molar refractivity (Wildman–Crippen MR) is 67.5 cm³/mol. The summed E-state index contributed by atoms with van der Waals surface area (Å²) in [4.78, 5) is 8.46. The number of benzene rings is 1. The van der Waals surface area contributed by atoms with Crippen LogP contribution in [-0.4, -0.2) is 15.1 Å². The normalized spacial score (nSPS) is 12.5. The van der Waals surface area contributed by atoms with E-state index in [2.05, 4.69) is 9.97 Å². The van der Waals surface area contributed by atoms with Gasteiger partial charge in [-0.1, -0.05) is 12.1 Å². The highest BCUT2D eigenvalue weighted by atomic mass is 19.1. The van der Waals surface area contributed by atoms with Gasteiger partial charge in [-0.3, -0.25) is 0 Å². The molecule has 18 heavy (non-hydrogen) atoms.